The molecular formula is C36H44F2N6O5S2. The zero-order valence-corrected chi connectivity index (χ0v) is 31.7. The van der Waals surface area contributed by atoms with Crippen molar-refractivity contribution in [3.63, 3.8) is 0 Å². The van der Waals surface area contributed by atoms with E-state index in [1.54, 1.807) is 30.3 Å². The van der Waals surface area contributed by atoms with Crippen LogP contribution in [0.1, 0.15) is 62.0 Å². The molecule has 1 unspecified atom stereocenters. The number of nitrogens with zero attached hydrogens (tertiary/aromatic N) is 6. The molecule has 1 aliphatic rings. The van der Waals surface area contributed by atoms with E-state index in [1.165, 1.54) is 38.4 Å². The summed E-state index contributed by atoms with van der Waals surface area (Å²) in [7, 11) is -4.17. The highest BCUT2D eigenvalue weighted by Gasteiger charge is 2.29. The predicted molar refractivity (Wildman–Crippen MR) is 197 cm³/mol. The lowest BCUT2D eigenvalue weighted by Gasteiger charge is -2.21. The van der Waals surface area contributed by atoms with Gasteiger partial charge in [0.15, 0.2) is 0 Å². The number of halogens is 2. The van der Waals surface area contributed by atoms with Crippen LogP contribution >= 0.6 is 0 Å². The highest BCUT2D eigenvalue weighted by Crippen LogP contribution is 2.34. The topological polar surface area (TPSA) is 139 Å². The third kappa shape index (κ3) is 9.92. The fourth-order valence-electron chi connectivity index (χ4n) is 5.16. The van der Waals surface area contributed by atoms with Gasteiger partial charge in [-0.05, 0) is 66.8 Å². The van der Waals surface area contributed by atoms with E-state index in [9.17, 15) is 25.6 Å². The Morgan fingerprint density at radius 3 is 1.45 bits per heavy atom. The number of benzene rings is 2. The van der Waals surface area contributed by atoms with Crippen molar-refractivity contribution in [3.05, 3.63) is 95.3 Å². The minimum Gasteiger partial charge on any atom is -0.373 e. The number of ether oxygens (including phenoxy) is 1. The number of allylic oxidation sites excluding steroid dienone is 1. The summed E-state index contributed by atoms with van der Waals surface area (Å²) in [5.74, 6) is -0.357. The number of hydrogen-bond donors (Lipinski definition) is 0. The van der Waals surface area contributed by atoms with E-state index < -0.39 is 20.0 Å². The predicted octanol–water partition coefficient (Wildman–Crippen LogP) is 6.27. The minimum atomic E-state index is -3.50. The van der Waals surface area contributed by atoms with Gasteiger partial charge < -0.3 is 4.74 Å². The van der Waals surface area contributed by atoms with Gasteiger partial charge in [-0.25, -0.2) is 54.2 Å². The molecule has 0 N–H and O–H groups in total. The standard InChI is InChI=1S/C18H22FN3O3S.C18H22FN3O2S/c1-11(2)16-15(9-14-10-25-14)17(12-5-7-13(19)8-6-12)21-18(20-16)22(3)26(4,23)24;1-6-7-15-16(12(2)3)20-18(22(4)25(5,23)24)21-17(15)13-8-10-14(19)11-9-13/h5-8,11,14H,9-10H2,1-4H3;6,8-12H,1,7H2,2-5H3. The fourth-order valence-corrected chi connectivity index (χ4v) is 5.92. The number of anilines is 2. The van der Waals surface area contributed by atoms with Gasteiger partial charge in [-0.3, -0.25) is 0 Å². The molecule has 11 nitrogen and oxygen atoms in total. The summed E-state index contributed by atoms with van der Waals surface area (Å²) in [6, 6.07) is 12.0. The smallest absolute Gasteiger partial charge is 0.239 e. The Morgan fingerprint density at radius 2 is 1.12 bits per heavy atom. The number of sulfonamides is 2. The van der Waals surface area contributed by atoms with Gasteiger partial charge in [0.2, 0.25) is 31.9 Å². The largest absolute Gasteiger partial charge is 0.373 e. The molecule has 15 heteroatoms. The van der Waals surface area contributed by atoms with Gasteiger partial charge in [0.1, 0.15) is 11.6 Å². The van der Waals surface area contributed by atoms with Crippen LogP contribution in [-0.2, 0) is 37.6 Å². The van der Waals surface area contributed by atoms with Crippen LogP contribution in [0.2, 0.25) is 0 Å². The van der Waals surface area contributed by atoms with E-state index >= 15 is 0 Å². The zero-order chi connectivity index (χ0) is 37.8. The molecule has 2 aromatic heterocycles. The Bertz CT molecular complexity index is 2090. The molecule has 5 rings (SSSR count). The summed E-state index contributed by atoms with van der Waals surface area (Å²) in [5, 5.41) is 0. The first kappa shape index (κ1) is 39.4. The van der Waals surface area contributed by atoms with Gasteiger partial charge in [-0.15, -0.1) is 6.58 Å². The number of aromatic nitrogens is 4. The molecule has 1 fully saturated rings. The SMILES string of the molecule is C=CCc1c(-c2ccc(F)cc2)nc(N(C)S(C)(=O)=O)nc1C(C)C.CC(C)c1nc(N(C)S(C)(=O)=O)nc(-c2ccc(F)cc2)c1CC1CO1. The van der Waals surface area contributed by atoms with Crippen LogP contribution in [0.5, 0.6) is 0 Å². The van der Waals surface area contributed by atoms with Gasteiger partial charge in [0.25, 0.3) is 0 Å². The Hall–Kier alpha value is -4.34. The fraction of sp³-hybridized carbons (Fsp3) is 0.389. The molecule has 0 aliphatic carbocycles. The van der Waals surface area contributed by atoms with Crippen molar-refractivity contribution in [2.45, 2.75) is 58.5 Å². The van der Waals surface area contributed by atoms with Crippen LogP contribution in [0.3, 0.4) is 0 Å². The van der Waals surface area contributed by atoms with Crippen molar-refractivity contribution in [1.29, 1.82) is 0 Å². The highest BCUT2D eigenvalue weighted by atomic mass is 32.2. The molecule has 3 heterocycles. The second-order valence-electron chi connectivity index (χ2n) is 12.9. The van der Waals surface area contributed by atoms with Crippen LogP contribution in [0.25, 0.3) is 22.5 Å². The molecule has 0 spiro atoms. The van der Waals surface area contributed by atoms with Crippen LogP contribution in [0, 0.1) is 11.6 Å². The quantitative estimate of drug-likeness (QED) is 0.121. The van der Waals surface area contributed by atoms with E-state index in [2.05, 4.69) is 26.5 Å². The summed E-state index contributed by atoms with van der Waals surface area (Å²) in [6.07, 6.45) is 5.24. The molecule has 1 saturated heterocycles. The molecular weight excluding hydrogens is 699 g/mol. The van der Waals surface area contributed by atoms with Crippen molar-refractivity contribution < 1.29 is 30.4 Å². The maximum atomic E-state index is 13.4. The van der Waals surface area contributed by atoms with E-state index in [0.29, 0.717) is 36.4 Å². The minimum absolute atomic E-state index is 0.0591. The Morgan fingerprint density at radius 1 is 0.745 bits per heavy atom. The van der Waals surface area contributed by atoms with Gasteiger partial charge in [-0.1, -0.05) is 33.8 Å². The number of epoxide rings is 1. The molecule has 0 amide bonds. The summed E-state index contributed by atoms with van der Waals surface area (Å²) < 4.78 is 81.8. The summed E-state index contributed by atoms with van der Waals surface area (Å²) >= 11 is 0. The molecule has 1 atom stereocenters. The number of rotatable bonds is 12. The zero-order valence-electron chi connectivity index (χ0n) is 30.1. The van der Waals surface area contributed by atoms with Crippen molar-refractivity contribution in [2.24, 2.45) is 0 Å². The Balaban J connectivity index is 0.000000229. The first-order chi connectivity index (χ1) is 23.8. The molecule has 2 aromatic carbocycles. The lowest BCUT2D eigenvalue weighted by atomic mass is 9.95. The average molecular weight is 743 g/mol. The van der Waals surface area contributed by atoms with E-state index in [1.807, 2.05) is 27.7 Å². The monoisotopic (exact) mass is 742 g/mol. The Labute approximate surface area is 299 Å². The van der Waals surface area contributed by atoms with Crippen molar-refractivity contribution in [1.82, 2.24) is 19.9 Å². The molecule has 1 aliphatic heterocycles. The summed E-state index contributed by atoms with van der Waals surface area (Å²) in [5.41, 5.74) is 5.93. The van der Waals surface area contributed by atoms with Gasteiger partial charge >= 0.3 is 0 Å². The second kappa shape index (κ2) is 15.9. The van der Waals surface area contributed by atoms with Crippen molar-refractivity contribution in [2.75, 3.05) is 41.8 Å². The second-order valence-corrected chi connectivity index (χ2v) is 16.9. The van der Waals surface area contributed by atoms with Crippen molar-refractivity contribution >= 4 is 31.9 Å². The van der Waals surface area contributed by atoms with Crippen molar-refractivity contribution in [3.8, 4) is 22.5 Å². The third-order valence-electron chi connectivity index (χ3n) is 8.12. The van der Waals surface area contributed by atoms with Crippen LogP contribution in [0.15, 0.2) is 61.2 Å². The van der Waals surface area contributed by atoms with E-state index in [4.69, 9.17) is 4.74 Å². The molecule has 274 valence electrons. The van der Waals surface area contributed by atoms with Gasteiger partial charge in [0.05, 0.1) is 48.0 Å². The highest BCUT2D eigenvalue weighted by molar-refractivity contribution is 7.92. The summed E-state index contributed by atoms with van der Waals surface area (Å²) in [6.45, 7) is 12.4. The molecule has 4 aromatic rings. The van der Waals surface area contributed by atoms with Crippen LogP contribution in [0.4, 0.5) is 20.7 Å². The lowest BCUT2D eigenvalue weighted by Crippen LogP contribution is -2.28. The maximum absolute atomic E-state index is 13.4. The first-order valence-corrected chi connectivity index (χ1v) is 19.9. The maximum Gasteiger partial charge on any atom is 0.239 e. The van der Waals surface area contributed by atoms with E-state index in [0.717, 1.165) is 49.2 Å². The Kier molecular flexibility index (Phi) is 12.3. The van der Waals surface area contributed by atoms with Gasteiger partial charge in [-0.2, -0.15) is 0 Å². The van der Waals surface area contributed by atoms with E-state index in [-0.39, 0.29) is 41.5 Å². The normalized spacial score (nSPS) is 14.2. The van der Waals surface area contributed by atoms with Gasteiger partial charge in [0, 0.05) is 42.8 Å². The van der Waals surface area contributed by atoms with Crippen LogP contribution < -0.4 is 8.61 Å². The lowest BCUT2D eigenvalue weighted by molar-refractivity contribution is 0.406. The van der Waals surface area contributed by atoms with Crippen LogP contribution in [-0.4, -0.2) is 76.1 Å². The number of hydrogen-bond acceptors (Lipinski definition) is 9. The first-order valence-electron chi connectivity index (χ1n) is 16.3. The third-order valence-corrected chi connectivity index (χ3v) is 10.4. The molecule has 0 bridgehead atoms. The molecule has 0 saturated carbocycles. The molecule has 51 heavy (non-hydrogen) atoms. The average Bonchev–Trinajstić information content (AvgIpc) is 3.88. The molecule has 0 radical (unpaired) electrons. The summed E-state index contributed by atoms with van der Waals surface area (Å²) in [4.78, 5) is 18.0.